The molecule has 1 saturated carbocycles. The summed E-state index contributed by atoms with van der Waals surface area (Å²) in [6.45, 7) is 0. The Morgan fingerprint density at radius 2 is 2.19 bits per heavy atom. The highest BCUT2D eigenvalue weighted by Gasteiger charge is 2.50. The van der Waals surface area contributed by atoms with Gasteiger partial charge < -0.3 is 10.8 Å². The molecule has 2 heterocycles. The molecule has 0 bridgehead atoms. The van der Waals surface area contributed by atoms with Crippen molar-refractivity contribution in [3.8, 4) is 0 Å². The molecule has 1 amide bonds. The Kier molecular flexibility index (Phi) is 2.06. The summed E-state index contributed by atoms with van der Waals surface area (Å²) in [7, 11) is 0. The van der Waals surface area contributed by atoms with Gasteiger partial charge in [-0.2, -0.15) is 0 Å². The second-order valence-electron chi connectivity index (χ2n) is 4.49. The Hall–Kier alpha value is -1.01. The van der Waals surface area contributed by atoms with Gasteiger partial charge in [-0.1, -0.05) is 0 Å². The van der Waals surface area contributed by atoms with Crippen LogP contribution >= 0.6 is 11.8 Å². The summed E-state index contributed by atoms with van der Waals surface area (Å²) in [5.41, 5.74) is 5.92. The van der Waals surface area contributed by atoms with Gasteiger partial charge in [0.15, 0.2) is 0 Å². The van der Waals surface area contributed by atoms with Crippen molar-refractivity contribution < 1.29 is 14.7 Å². The molecular formula is C10H12N2O3S. The number of amides is 1. The van der Waals surface area contributed by atoms with E-state index >= 15 is 0 Å². The van der Waals surface area contributed by atoms with Crippen molar-refractivity contribution in [2.24, 2.45) is 11.7 Å². The summed E-state index contributed by atoms with van der Waals surface area (Å²) in [4.78, 5) is 24.8. The smallest absolute Gasteiger partial charge is 0.353 e. The lowest BCUT2D eigenvalue weighted by atomic mass is 9.80. The van der Waals surface area contributed by atoms with Crippen LogP contribution in [0.15, 0.2) is 10.6 Å². The number of hydrogen-bond donors (Lipinski definition) is 2. The van der Waals surface area contributed by atoms with E-state index in [1.165, 1.54) is 16.7 Å². The SMILES string of the molecule is N[C@H]1C[C@H](C2=C(C(=O)O)N3C(=O)C[C@@H]3S2)C1. The summed E-state index contributed by atoms with van der Waals surface area (Å²) in [6, 6.07) is 0.192. The van der Waals surface area contributed by atoms with Crippen LogP contribution in [0.25, 0.3) is 0 Å². The number of carbonyl (C=O) groups excluding carboxylic acids is 1. The molecule has 3 N–H and O–H groups in total. The van der Waals surface area contributed by atoms with E-state index in [-0.39, 0.29) is 28.9 Å². The monoisotopic (exact) mass is 240 g/mol. The predicted molar refractivity (Wildman–Crippen MR) is 58.2 cm³/mol. The van der Waals surface area contributed by atoms with Gasteiger partial charge in [0, 0.05) is 10.9 Å². The zero-order valence-corrected chi connectivity index (χ0v) is 9.37. The first kappa shape index (κ1) is 10.2. The van der Waals surface area contributed by atoms with Crippen LogP contribution in [0.4, 0.5) is 0 Å². The van der Waals surface area contributed by atoms with Crippen molar-refractivity contribution in [1.82, 2.24) is 4.90 Å². The number of β-lactam (4-membered cyclic amide) rings is 1. The van der Waals surface area contributed by atoms with E-state index in [9.17, 15) is 9.59 Å². The van der Waals surface area contributed by atoms with Crippen LogP contribution in [0, 0.1) is 5.92 Å². The van der Waals surface area contributed by atoms with Crippen molar-refractivity contribution in [3.05, 3.63) is 10.6 Å². The maximum absolute atomic E-state index is 11.4. The van der Waals surface area contributed by atoms with Crippen molar-refractivity contribution in [2.75, 3.05) is 0 Å². The number of aliphatic carboxylic acids is 1. The Morgan fingerprint density at radius 3 is 2.69 bits per heavy atom. The van der Waals surface area contributed by atoms with Gasteiger partial charge in [0.05, 0.1) is 11.8 Å². The van der Waals surface area contributed by atoms with Crippen LogP contribution in [0.2, 0.25) is 0 Å². The Balaban J connectivity index is 1.90. The van der Waals surface area contributed by atoms with Gasteiger partial charge in [0.2, 0.25) is 5.91 Å². The lowest BCUT2D eigenvalue weighted by Gasteiger charge is -2.33. The van der Waals surface area contributed by atoms with Gasteiger partial charge in [-0.05, 0) is 18.8 Å². The van der Waals surface area contributed by atoms with E-state index in [1.807, 2.05) is 0 Å². The minimum absolute atomic E-state index is 0.0328. The van der Waals surface area contributed by atoms with Crippen molar-refractivity contribution in [1.29, 1.82) is 0 Å². The molecule has 0 aromatic rings. The maximum Gasteiger partial charge on any atom is 0.353 e. The fourth-order valence-corrected chi connectivity index (χ4v) is 3.97. The van der Waals surface area contributed by atoms with Crippen LogP contribution in [0.1, 0.15) is 19.3 Å². The minimum Gasteiger partial charge on any atom is -0.477 e. The molecule has 0 spiro atoms. The third-order valence-electron chi connectivity index (χ3n) is 3.39. The predicted octanol–water partition coefficient (Wildman–Crippen LogP) is 0.325. The van der Waals surface area contributed by atoms with Crippen LogP contribution in [0.5, 0.6) is 0 Å². The van der Waals surface area contributed by atoms with Crippen molar-refractivity contribution in [2.45, 2.75) is 30.7 Å². The molecule has 2 aliphatic heterocycles. The molecule has 0 unspecified atom stereocenters. The largest absolute Gasteiger partial charge is 0.477 e. The third-order valence-corrected chi connectivity index (χ3v) is 4.82. The van der Waals surface area contributed by atoms with E-state index < -0.39 is 5.97 Å². The summed E-state index contributed by atoms with van der Waals surface area (Å²) in [5.74, 6) is -0.809. The molecule has 1 saturated heterocycles. The van der Waals surface area contributed by atoms with Gasteiger partial charge in [-0.15, -0.1) is 11.8 Å². The van der Waals surface area contributed by atoms with Gasteiger partial charge in [-0.3, -0.25) is 9.69 Å². The second-order valence-corrected chi connectivity index (χ2v) is 5.71. The van der Waals surface area contributed by atoms with Crippen molar-refractivity contribution >= 4 is 23.6 Å². The zero-order chi connectivity index (χ0) is 11.4. The highest BCUT2D eigenvalue weighted by molar-refractivity contribution is 8.04. The normalized spacial score (nSPS) is 36.9. The van der Waals surface area contributed by atoms with E-state index in [0.717, 1.165) is 17.7 Å². The van der Waals surface area contributed by atoms with Crippen molar-refractivity contribution in [3.63, 3.8) is 0 Å². The lowest BCUT2D eigenvalue weighted by molar-refractivity contribution is -0.145. The molecular weight excluding hydrogens is 228 g/mol. The van der Waals surface area contributed by atoms with Crippen LogP contribution in [-0.2, 0) is 9.59 Å². The summed E-state index contributed by atoms with van der Waals surface area (Å²) in [6.07, 6.45) is 2.14. The van der Waals surface area contributed by atoms with E-state index in [1.54, 1.807) is 0 Å². The molecule has 0 aromatic carbocycles. The molecule has 0 aromatic heterocycles. The zero-order valence-electron chi connectivity index (χ0n) is 8.55. The second kappa shape index (κ2) is 3.24. The first-order valence-corrected chi connectivity index (χ1v) is 6.17. The first-order valence-electron chi connectivity index (χ1n) is 5.29. The number of carbonyl (C=O) groups is 2. The fourth-order valence-electron chi connectivity index (χ4n) is 2.45. The highest BCUT2D eigenvalue weighted by atomic mass is 32.2. The molecule has 0 radical (unpaired) electrons. The summed E-state index contributed by atoms with van der Waals surface area (Å²) in [5, 5.41) is 9.19. The number of fused-ring (bicyclic) bond motifs is 1. The van der Waals surface area contributed by atoms with Gasteiger partial charge in [0.1, 0.15) is 5.70 Å². The number of hydrogen-bond acceptors (Lipinski definition) is 4. The Bertz CT molecular complexity index is 414. The maximum atomic E-state index is 11.4. The van der Waals surface area contributed by atoms with Crippen LogP contribution in [-0.4, -0.2) is 33.3 Å². The van der Waals surface area contributed by atoms with Gasteiger partial charge in [0.25, 0.3) is 0 Å². The van der Waals surface area contributed by atoms with Crippen LogP contribution < -0.4 is 5.73 Å². The topological polar surface area (TPSA) is 83.6 Å². The number of carboxylic acid groups (broad SMARTS) is 1. The third kappa shape index (κ3) is 1.23. The average Bonchev–Trinajstić information content (AvgIpc) is 2.46. The Labute approximate surface area is 96.7 Å². The van der Waals surface area contributed by atoms with Gasteiger partial charge >= 0.3 is 5.97 Å². The Morgan fingerprint density at radius 1 is 1.50 bits per heavy atom. The first-order chi connectivity index (χ1) is 7.58. The molecule has 6 heteroatoms. The molecule has 16 heavy (non-hydrogen) atoms. The lowest BCUT2D eigenvalue weighted by Crippen LogP contribution is -2.48. The summed E-state index contributed by atoms with van der Waals surface area (Å²) < 4.78 is 0. The molecule has 3 aliphatic rings. The fraction of sp³-hybridized carbons (Fsp3) is 0.600. The van der Waals surface area contributed by atoms with Gasteiger partial charge in [-0.25, -0.2) is 4.79 Å². The summed E-state index contributed by atoms with van der Waals surface area (Å²) >= 11 is 1.53. The number of thioether (sulfide) groups is 1. The minimum atomic E-state index is -0.987. The van der Waals surface area contributed by atoms with E-state index in [4.69, 9.17) is 10.8 Å². The molecule has 1 aliphatic carbocycles. The number of rotatable bonds is 2. The molecule has 5 nitrogen and oxygen atoms in total. The number of nitrogens with two attached hydrogens (primary N) is 1. The average molecular weight is 240 g/mol. The molecule has 86 valence electrons. The van der Waals surface area contributed by atoms with Crippen LogP contribution in [0.3, 0.4) is 0 Å². The quantitative estimate of drug-likeness (QED) is 0.679. The standard InChI is InChI=1S/C10H12N2O3S/c11-5-1-4(2-5)9-8(10(14)15)12-6(13)3-7(12)16-9/h4-5,7H,1-3,11H2,(H,14,15)/t4-,5-,7-/m0/s1. The van der Waals surface area contributed by atoms with E-state index in [0.29, 0.717) is 6.42 Å². The number of allylic oxidation sites excluding steroid dienone is 1. The number of carboxylic acids is 1. The van der Waals surface area contributed by atoms with E-state index in [2.05, 4.69) is 0 Å². The molecule has 3 rings (SSSR count). The molecule has 2 fully saturated rings. The highest BCUT2D eigenvalue weighted by Crippen LogP contribution is 2.52. The molecule has 1 atom stereocenters. The number of nitrogens with zero attached hydrogens (tertiary/aromatic N) is 1.